The van der Waals surface area contributed by atoms with Crippen molar-refractivity contribution < 1.29 is 9.59 Å². The highest BCUT2D eigenvalue weighted by Crippen LogP contribution is 2.25. The maximum absolute atomic E-state index is 13.3. The Morgan fingerprint density at radius 1 is 0.935 bits per heavy atom. The van der Waals surface area contributed by atoms with Crippen molar-refractivity contribution in [2.24, 2.45) is 10.8 Å². The Labute approximate surface area is 196 Å². The Bertz CT molecular complexity index is 761. The van der Waals surface area contributed by atoms with Gasteiger partial charge in [0.1, 0.15) is 6.04 Å². The minimum atomic E-state index is -0.717. The Kier molecular flexibility index (Phi) is 8.65. The lowest BCUT2D eigenvalue weighted by Crippen LogP contribution is -2.59. The zero-order chi connectivity index (χ0) is 23.4. The molecular formula is C23H36Cl2N4O2. The van der Waals surface area contributed by atoms with Crippen molar-refractivity contribution >= 4 is 40.8 Å². The third-order valence-electron chi connectivity index (χ3n) is 5.53. The maximum Gasteiger partial charge on any atom is 0.319 e. The number of amides is 3. The third-order valence-corrected chi connectivity index (χ3v) is 5.96. The second kappa shape index (κ2) is 10.4. The van der Waals surface area contributed by atoms with Crippen LogP contribution in [0.2, 0.25) is 10.0 Å². The summed E-state index contributed by atoms with van der Waals surface area (Å²) < 4.78 is 0. The van der Waals surface area contributed by atoms with Gasteiger partial charge in [-0.2, -0.15) is 0 Å². The van der Waals surface area contributed by atoms with Gasteiger partial charge in [0.15, 0.2) is 0 Å². The van der Waals surface area contributed by atoms with E-state index >= 15 is 0 Å². The lowest BCUT2D eigenvalue weighted by atomic mass is 9.83. The van der Waals surface area contributed by atoms with Crippen molar-refractivity contribution in [2.45, 2.75) is 66.5 Å². The molecular weight excluding hydrogens is 435 g/mol. The van der Waals surface area contributed by atoms with Crippen LogP contribution in [-0.4, -0.2) is 48.6 Å². The van der Waals surface area contributed by atoms with E-state index < -0.39 is 17.5 Å². The number of halogens is 2. The average Bonchev–Trinajstić information content (AvgIpc) is 3.09. The molecule has 31 heavy (non-hydrogen) atoms. The van der Waals surface area contributed by atoms with Crippen molar-refractivity contribution in [2.75, 3.05) is 25.0 Å². The van der Waals surface area contributed by atoms with Crippen LogP contribution in [0.5, 0.6) is 0 Å². The first kappa shape index (κ1) is 25.8. The second-order valence-electron chi connectivity index (χ2n) is 10.5. The SMILES string of the molecule is CC(C)(C)[C@H](NC(=O)Nc1cc(Cl)cc(Cl)c1)C(=O)N[C@H](CN1CCCC1)C(C)(C)C. The van der Waals surface area contributed by atoms with Crippen molar-refractivity contribution in [1.82, 2.24) is 15.5 Å². The lowest BCUT2D eigenvalue weighted by molar-refractivity contribution is -0.127. The molecule has 1 fully saturated rings. The van der Waals surface area contributed by atoms with Crippen LogP contribution in [0.15, 0.2) is 18.2 Å². The normalized spacial score (nSPS) is 17.2. The van der Waals surface area contributed by atoms with Gasteiger partial charge >= 0.3 is 6.03 Å². The molecule has 8 heteroatoms. The number of rotatable bonds is 6. The van der Waals surface area contributed by atoms with Gasteiger partial charge in [0.2, 0.25) is 5.91 Å². The Morgan fingerprint density at radius 2 is 1.48 bits per heavy atom. The zero-order valence-corrected chi connectivity index (χ0v) is 21.0. The molecule has 3 N–H and O–H groups in total. The van der Waals surface area contributed by atoms with E-state index in [1.54, 1.807) is 18.2 Å². The summed E-state index contributed by atoms with van der Waals surface area (Å²) in [5.74, 6) is -0.189. The van der Waals surface area contributed by atoms with Crippen LogP contribution < -0.4 is 16.0 Å². The summed E-state index contributed by atoms with van der Waals surface area (Å²) in [5, 5.41) is 9.60. The van der Waals surface area contributed by atoms with Crippen LogP contribution >= 0.6 is 23.2 Å². The number of anilines is 1. The van der Waals surface area contributed by atoms with Crippen LogP contribution in [-0.2, 0) is 4.79 Å². The van der Waals surface area contributed by atoms with Gasteiger partial charge < -0.3 is 20.9 Å². The summed E-state index contributed by atoms with van der Waals surface area (Å²) in [4.78, 5) is 28.4. The van der Waals surface area contributed by atoms with E-state index in [9.17, 15) is 9.59 Å². The first-order valence-corrected chi connectivity index (χ1v) is 11.6. The molecule has 6 nitrogen and oxygen atoms in total. The monoisotopic (exact) mass is 470 g/mol. The summed E-state index contributed by atoms with van der Waals surface area (Å²) in [6, 6.07) is 3.56. The first-order chi connectivity index (χ1) is 14.3. The third kappa shape index (κ3) is 8.17. The van der Waals surface area contributed by atoms with Crippen molar-refractivity contribution in [1.29, 1.82) is 0 Å². The maximum atomic E-state index is 13.3. The largest absolute Gasteiger partial charge is 0.350 e. The van der Waals surface area contributed by atoms with Crippen molar-refractivity contribution in [3.05, 3.63) is 28.2 Å². The fourth-order valence-electron chi connectivity index (χ4n) is 3.61. The summed E-state index contributed by atoms with van der Waals surface area (Å²) in [5.41, 5.74) is -0.131. The van der Waals surface area contributed by atoms with E-state index in [2.05, 4.69) is 41.6 Å². The van der Waals surface area contributed by atoms with E-state index in [1.807, 2.05) is 20.8 Å². The van der Waals surface area contributed by atoms with Crippen LogP contribution in [0, 0.1) is 10.8 Å². The Balaban J connectivity index is 2.10. The van der Waals surface area contributed by atoms with Gasteiger partial charge in [-0.15, -0.1) is 0 Å². The first-order valence-electron chi connectivity index (χ1n) is 10.8. The zero-order valence-electron chi connectivity index (χ0n) is 19.4. The van der Waals surface area contributed by atoms with E-state index in [-0.39, 0.29) is 17.4 Å². The smallest absolute Gasteiger partial charge is 0.319 e. The molecule has 174 valence electrons. The van der Waals surface area contributed by atoms with Gasteiger partial charge in [0.25, 0.3) is 0 Å². The molecule has 3 amide bonds. The van der Waals surface area contributed by atoms with Crippen molar-refractivity contribution in [3.63, 3.8) is 0 Å². The Morgan fingerprint density at radius 3 is 1.97 bits per heavy atom. The molecule has 1 aliphatic heterocycles. The molecule has 2 atom stereocenters. The number of hydrogen-bond acceptors (Lipinski definition) is 3. The van der Waals surface area contributed by atoms with Gasteiger partial charge in [-0.1, -0.05) is 64.7 Å². The molecule has 0 spiro atoms. The molecule has 1 aromatic rings. The second-order valence-corrected chi connectivity index (χ2v) is 11.4. The number of benzene rings is 1. The summed E-state index contributed by atoms with van der Waals surface area (Å²) in [7, 11) is 0. The predicted octanol–water partition coefficient (Wildman–Crippen LogP) is 5.16. The number of nitrogens with zero attached hydrogens (tertiary/aromatic N) is 1. The van der Waals surface area contributed by atoms with Crippen molar-refractivity contribution in [3.8, 4) is 0 Å². The number of hydrogen-bond donors (Lipinski definition) is 3. The molecule has 1 aromatic carbocycles. The molecule has 0 aliphatic carbocycles. The van der Waals surface area contributed by atoms with Gasteiger partial charge in [-0.25, -0.2) is 4.79 Å². The number of nitrogens with one attached hydrogen (secondary N) is 3. The Hall–Kier alpha value is -1.50. The van der Waals surface area contributed by atoms with Crippen LogP contribution in [0.1, 0.15) is 54.4 Å². The van der Waals surface area contributed by atoms with E-state index in [0.29, 0.717) is 15.7 Å². The molecule has 0 radical (unpaired) electrons. The number of carbonyl (C=O) groups is 2. The minimum Gasteiger partial charge on any atom is -0.350 e. The molecule has 0 bridgehead atoms. The highest BCUT2D eigenvalue weighted by Gasteiger charge is 2.36. The standard InChI is InChI=1S/C23H36Cl2N4O2/c1-22(2,3)18(14-29-9-7-8-10-29)27-20(30)19(23(4,5)6)28-21(31)26-17-12-15(24)11-16(25)13-17/h11-13,18-19H,7-10,14H2,1-6H3,(H,27,30)(H2,26,28,31)/t18-,19-/m1/s1. The topological polar surface area (TPSA) is 73.5 Å². The highest BCUT2D eigenvalue weighted by atomic mass is 35.5. The quantitative estimate of drug-likeness (QED) is 0.537. The predicted molar refractivity (Wildman–Crippen MR) is 129 cm³/mol. The fourth-order valence-corrected chi connectivity index (χ4v) is 4.14. The van der Waals surface area contributed by atoms with Crippen LogP contribution in [0.3, 0.4) is 0 Å². The van der Waals surface area contributed by atoms with E-state index in [1.165, 1.54) is 12.8 Å². The van der Waals surface area contributed by atoms with Gasteiger partial charge in [0.05, 0.1) is 0 Å². The molecule has 2 rings (SSSR count). The van der Waals surface area contributed by atoms with Gasteiger partial charge in [-0.3, -0.25) is 4.79 Å². The molecule has 0 unspecified atom stereocenters. The van der Waals surface area contributed by atoms with E-state index in [4.69, 9.17) is 23.2 Å². The highest BCUT2D eigenvalue weighted by molar-refractivity contribution is 6.35. The van der Waals surface area contributed by atoms with Gasteiger partial charge in [-0.05, 0) is 55.0 Å². The number of carbonyl (C=O) groups excluding carboxylic acids is 2. The van der Waals surface area contributed by atoms with Crippen LogP contribution in [0.4, 0.5) is 10.5 Å². The minimum absolute atomic E-state index is 0.0282. The molecule has 1 saturated heterocycles. The average molecular weight is 471 g/mol. The summed E-state index contributed by atoms with van der Waals surface area (Å²) in [6.07, 6.45) is 2.40. The molecule has 0 saturated carbocycles. The molecule has 1 heterocycles. The fraction of sp³-hybridized carbons (Fsp3) is 0.652. The van der Waals surface area contributed by atoms with Crippen LogP contribution in [0.25, 0.3) is 0 Å². The molecule has 1 aliphatic rings. The summed E-state index contributed by atoms with van der Waals surface area (Å²) in [6.45, 7) is 15.1. The number of urea groups is 1. The van der Waals surface area contributed by atoms with E-state index in [0.717, 1.165) is 19.6 Å². The number of likely N-dealkylation sites (tertiary alicyclic amines) is 1. The lowest BCUT2D eigenvalue weighted by Gasteiger charge is -2.37. The molecule has 0 aromatic heterocycles. The van der Waals surface area contributed by atoms with Gasteiger partial charge in [0, 0.05) is 28.3 Å². The summed E-state index contributed by atoms with van der Waals surface area (Å²) >= 11 is 12.0.